The minimum Gasteiger partial charge on any atom is -0.454 e. The van der Waals surface area contributed by atoms with Gasteiger partial charge in [-0.3, -0.25) is 0 Å². The van der Waals surface area contributed by atoms with E-state index in [0.29, 0.717) is 0 Å². The number of para-hydroxylation sites is 6. The minimum absolute atomic E-state index is 0.0315. The Kier molecular flexibility index (Phi) is 4.59. The van der Waals surface area contributed by atoms with Crippen LogP contribution in [0, 0.1) is 0 Å². The highest BCUT2D eigenvalue weighted by atomic mass is 16.5. The maximum absolute atomic E-state index is 7.08. The lowest BCUT2D eigenvalue weighted by molar-refractivity contribution is 0.424. The minimum atomic E-state index is -0.0358. The molecule has 8 aromatic rings. The number of anilines is 3. The molecule has 1 aromatic heterocycles. The molecule has 0 radical (unpaired) electrons. The van der Waals surface area contributed by atoms with Crippen LogP contribution in [-0.4, -0.2) is 18.0 Å². The lowest BCUT2D eigenvalue weighted by atomic mass is 9.31. The molecule has 48 heavy (non-hydrogen) atoms. The van der Waals surface area contributed by atoms with Crippen LogP contribution in [0.1, 0.15) is 0 Å². The maximum atomic E-state index is 7.08. The smallest absolute Gasteiger partial charge is 0.256 e. The fourth-order valence-electron chi connectivity index (χ4n) is 9.12. The van der Waals surface area contributed by atoms with Crippen LogP contribution in [0.3, 0.4) is 0 Å². The van der Waals surface area contributed by atoms with Crippen molar-refractivity contribution in [1.29, 1.82) is 0 Å². The summed E-state index contributed by atoms with van der Waals surface area (Å²) >= 11 is 0. The van der Waals surface area contributed by atoms with E-state index >= 15 is 0 Å². The maximum Gasteiger partial charge on any atom is 0.256 e. The number of aromatic nitrogens is 1. The van der Waals surface area contributed by atoms with Crippen molar-refractivity contribution in [1.82, 2.24) is 4.57 Å². The Morgan fingerprint density at radius 2 is 1.00 bits per heavy atom. The van der Waals surface area contributed by atoms with Gasteiger partial charge in [0.05, 0.1) is 16.9 Å². The summed E-state index contributed by atoms with van der Waals surface area (Å²) in [4.78, 5) is 2.48. The van der Waals surface area contributed by atoms with E-state index in [4.69, 9.17) is 9.47 Å². The van der Waals surface area contributed by atoms with Gasteiger partial charge in [-0.2, -0.15) is 0 Å². The molecule has 220 valence electrons. The first-order valence-corrected chi connectivity index (χ1v) is 16.6. The molecule has 4 aliphatic heterocycles. The normalized spacial score (nSPS) is 14.0. The highest BCUT2D eigenvalue weighted by molar-refractivity contribution is 7.02. The highest BCUT2D eigenvalue weighted by Gasteiger charge is 2.50. The zero-order valence-electron chi connectivity index (χ0n) is 25.7. The van der Waals surface area contributed by atoms with E-state index in [0.717, 1.165) is 45.3 Å². The van der Waals surface area contributed by atoms with Gasteiger partial charge in [0, 0.05) is 38.6 Å². The van der Waals surface area contributed by atoms with Gasteiger partial charge in [-0.05, 0) is 58.2 Å². The second-order valence-electron chi connectivity index (χ2n) is 13.2. The Morgan fingerprint density at radius 3 is 1.77 bits per heavy atom. The number of benzene rings is 7. The number of hydrogen-bond acceptors (Lipinski definition) is 3. The SMILES string of the molecule is c1ccc(N2c3ccccc3B3c4ccccc4Oc4c5c6c(c2c43)-n2c3ccccc3c3cccc(c32)B6c2ccccc2O5)cc1. The number of rotatable bonds is 1. The third-order valence-corrected chi connectivity index (χ3v) is 10.9. The summed E-state index contributed by atoms with van der Waals surface area (Å²) in [5, 5.41) is 2.52. The monoisotopic (exact) mass is 610 g/mol. The summed E-state index contributed by atoms with van der Waals surface area (Å²) in [6, 6.07) is 52.4. The summed E-state index contributed by atoms with van der Waals surface area (Å²) in [6.45, 7) is -0.0672. The van der Waals surface area contributed by atoms with E-state index < -0.39 is 0 Å². The first-order chi connectivity index (χ1) is 23.9. The summed E-state index contributed by atoms with van der Waals surface area (Å²) in [6.07, 6.45) is 0. The molecule has 4 nitrogen and oxygen atoms in total. The number of fused-ring (bicyclic) bond motifs is 13. The Balaban J connectivity index is 1.35. The molecule has 0 saturated heterocycles. The van der Waals surface area contributed by atoms with Crippen LogP contribution in [0.25, 0.3) is 27.5 Å². The van der Waals surface area contributed by atoms with Gasteiger partial charge < -0.3 is 18.9 Å². The molecule has 5 heterocycles. The largest absolute Gasteiger partial charge is 0.454 e. The lowest BCUT2D eigenvalue weighted by Gasteiger charge is -2.45. The topological polar surface area (TPSA) is 26.6 Å². The van der Waals surface area contributed by atoms with Gasteiger partial charge >= 0.3 is 0 Å². The van der Waals surface area contributed by atoms with E-state index in [1.165, 1.54) is 55.0 Å². The van der Waals surface area contributed by atoms with Crippen molar-refractivity contribution >= 4 is 85.1 Å². The molecule has 0 aliphatic carbocycles. The van der Waals surface area contributed by atoms with Gasteiger partial charge in [-0.25, -0.2) is 0 Å². The fourth-order valence-corrected chi connectivity index (χ4v) is 9.12. The van der Waals surface area contributed by atoms with E-state index in [2.05, 4.69) is 155 Å². The molecular weight excluding hydrogens is 586 g/mol. The van der Waals surface area contributed by atoms with Crippen molar-refractivity contribution < 1.29 is 9.47 Å². The molecule has 6 heteroatoms. The molecule has 12 rings (SSSR count). The molecular formula is C42H24B2N2O2. The van der Waals surface area contributed by atoms with E-state index in [1.54, 1.807) is 0 Å². The molecule has 4 aliphatic rings. The fraction of sp³-hybridized carbons (Fsp3) is 0. The summed E-state index contributed by atoms with van der Waals surface area (Å²) in [5.74, 6) is 3.40. The van der Waals surface area contributed by atoms with E-state index in [9.17, 15) is 0 Å². The van der Waals surface area contributed by atoms with Crippen LogP contribution < -0.4 is 47.2 Å². The highest BCUT2D eigenvalue weighted by Crippen LogP contribution is 2.50. The first kappa shape index (κ1) is 25.0. The second-order valence-corrected chi connectivity index (χ2v) is 13.2. The average molecular weight is 610 g/mol. The molecule has 0 bridgehead atoms. The molecule has 0 atom stereocenters. The lowest BCUT2D eigenvalue weighted by Crippen LogP contribution is -2.63. The van der Waals surface area contributed by atoms with Gasteiger partial charge in [0.15, 0.2) is 11.5 Å². The summed E-state index contributed by atoms with van der Waals surface area (Å²) in [5.41, 5.74) is 14.3. The molecule has 0 amide bonds. The summed E-state index contributed by atoms with van der Waals surface area (Å²) < 4.78 is 16.7. The van der Waals surface area contributed by atoms with Crippen molar-refractivity contribution in [2.75, 3.05) is 4.90 Å². The van der Waals surface area contributed by atoms with Crippen LogP contribution in [0.2, 0.25) is 0 Å². The summed E-state index contributed by atoms with van der Waals surface area (Å²) in [7, 11) is 0. The van der Waals surface area contributed by atoms with Gasteiger partial charge in [-0.15, -0.1) is 0 Å². The van der Waals surface area contributed by atoms with E-state index in [1.807, 2.05) is 0 Å². The second kappa shape index (κ2) is 8.81. The number of nitrogens with zero attached hydrogens (tertiary/aromatic N) is 2. The Hall–Kier alpha value is -6.13. The van der Waals surface area contributed by atoms with Crippen molar-refractivity contribution in [3.8, 4) is 28.7 Å². The Labute approximate surface area is 277 Å². The van der Waals surface area contributed by atoms with Crippen molar-refractivity contribution in [3.63, 3.8) is 0 Å². The van der Waals surface area contributed by atoms with Crippen LogP contribution in [0.15, 0.2) is 146 Å². The third-order valence-electron chi connectivity index (χ3n) is 10.9. The molecule has 0 spiro atoms. The van der Waals surface area contributed by atoms with E-state index in [-0.39, 0.29) is 13.4 Å². The van der Waals surface area contributed by atoms with Crippen molar-refractivity contribution in [3.05, 3.63) is 146 Å². The first-order valence-electron chi connectivity index (χ1n) is 16.6. The van der Waals surface area contributed by atoms with Gasteiger partial charge in [0.25, 0.3) is 13.4 Å². The Morgan fingerprint density at radius 1 is 0.438 bits per heavy atom. The van der Waals surface area contributed by atoms with Crippen LogP contribution in [0.5, 0.6) is 23.0 Å². The van der Waals surface area contributed by atoms with Crippen LogP contribution >= 0.6 is 0 Å². The zero-order chi connectivity index (χ0) is 31.1. The third kappa shape index (κ3) is 2.91. The molecule has 0 saturated carbocycles. The van der Waals surface area contributed by atoms with Crippen molar-refractivity contribution in [2.45, 2.75) is 0 Å². The molecule has 0 fully saturated rings. The standard InChI is InChI=1S/C42H24B2N2O2/c1-2-13-25(14-3-1)45-33-22-9-5-17-28(33)43-29-18-6-10-23-34(29)47-41-36(43)39(45)40-37-42(41)48-35-24-11-7-19-30(35)44(37)31-20-12-16-27-26-15-4-8-21-32(26)46(40)38(27)31/h1-24H. The molecule has 0 unspecified atom stereocenters. The van der Waals surface area contributed by atoms with Crippen LogP contribution in [0.4, 0.5) is 17.1 Å². The predicted molar refractivity (Wildman–Crippen MR) is 198 cm³/mol. The average Bonchev–Trinajstić information content (AvgIpc) is 3.49. The number of ether oxygens (including phenoxy) is 2. The molecule has 0 N–H and O–H groups in total. The van der Waals surface area contributed by atoms with Gasteiger partial charge in [-0.1, -0.05) is 109 Å². The molecule has 7 aromatic carbocycles. The Bertz CT molecular complexity index is 2720. The van der Waals surface area contributed by atoms with Crippen LogP contribution in [-0.2, 0) is 0 Å². The van der Waals surface area contributed by atoms with Gasteiger partial charge in [0.2, 0.25) is 0 Å². The number of hydrogen-bond donors (Lipinski definition) is 0. The predicted octanol–water partition coefficient (Wildman–Crippen LogP) is 6.12. The quantitative estimate of drug-likeness (QED) is 0.210. The zero-order valence-corrected chi connectivity index (χ0v) is 25.7. The van der Waals surface area contributed by atoms with Crippen molar-refractivity contribution in [2.24, 2.45) is 0 Å². The van der Waals surface area contributed by atoms with Gasteiger partial charge in [0.1, 0.15) is 11.5 Å².